The van der Waals surface area contributed by atoms with Gasteiger partial charge in [-0.1, -0.05) is 18.6 Å². The van der Waals surface area contributed by atoms with Crippen molar-refractivity contribution in [1.29, 1.82) is 0 Å². The third-order valence-electron chi connectivity index (χ3n) is 3.43. The number of para-hydroxylation sites is 1. The molecular weight excluding hydrogens is 198 g/mol. The molecule has 1 aromatic heterocycles. The van der Waals surface area contributed by atoms with Gasteiger partial charge in [0.1, 0.15) is 5.82 Å². The van der Waals surface area contributed by atoms with Crippen LogP contribution < -0.4 is 5.32 Å². The number of fused-ring (bicyclic) bond motifs is 1. The van der Waals surface area contributed by atoms with E-state index >= 15 is 0 Å². The van der Waals surface area contributed by atoms with Crippen molar-refractivity contribution in [2.45, 2.75) is 38.8 Å². The first kappa shape index (κ1) is 9.85. The van der Waals surface area contributed by atoms with E-state index in [2.05, 4.69) is 40.4 Å². The Labute approximate surface area is 95.3 Å². The fourth-order valence-electron chi connectivity index (χ4n) is 2.16. The molecule has 0 radical (unpaired) electrons. The van der Waals surface area contributed by atoms with Gasteiger partial charge in [0, 0.05) is 6.04 Å². The summed E-state index contributed by atoms with van der Waals surface area (Å²) in [4.78, 5) is 7.99. The molecule has 0 aliphatic heterocycles. The van der Waals surface area contributed by atoms with Crippen LogP contribution in [0.5, 0.6) is 0 Å². The van der Waals surface area contributed by atoms with Gasteiger partial charge >= 0.3 is 0 Å². The Kier molecular flexibility index (Phi) is 2.40. The molecule has 16 heavy (non-hydrogen) atoms. The molecule has 3 nitrogen and oxygen atoms in total. The van der Waals surface area contributed by atoms with Crippen molar-refractivity contribution in [3.63, 3.8) is 0 Å². The van der Waals surface area contributed by atoms with Crippen LogP contribution in [0.15, 0.2) is 18.2 Å². The lowest BCUT2D eigenvalue weighted by atomic mass is 9.93. The highest BCUT2D eigenvalue weighted by Crippen LogP contribution is 2.19. The highest BCUT2D eigenvalue weighted by molar-refractivity contribution is 5.78. The number of aryl methyl sites for hydroxylation is 1. The Morgan fingerprint density at radius 3 is 3.00 bits per heavy atom. The summed E-state index contributed by atoms with van der Waals surface area (Å²) in [6.07, 6.45) is 4.01. The first-order chi connectivity index (χ1) is 7.83. The highest BCUT2D eigenvalue weighted by atomic mass is 15.0. The zero-order chi connectivity index (χ0) is 11.0. The van der Waals surface area contributed by atoms with Crippen LogP contribution in [0.1, 0.15) is 30.7 Å². The maximum absolute atomic E-state index is 4.62. The molecule has 0 amide bonds. The molecule has 2 N–H and O–H groups in total. The number of imidazole rings is 1. The van der Waals surface area contributed by atoms with E-state index in [0.29, 0.717) is 6.04 Å². The zero-order valence-electron chi connectivity index (χ0n) is 9.59. The van der Waals surface area contributed by atoms with E-state index in [9.17, 15) is 0 Å². The van der Waals surface area contributed by atoms with Crippen LogP contribution in [0.25, 0.3) is 11.0 Å². The average Bonchev–Trinajstić information content (AvgIpc) is 2.60. The number of aromatic amines is 1. The van der Waals surface area contributed by atoms with E-state index in [1.807, 2.05) is 0 Å². The van der Waals surface area contributed by atoms with E-state index < -0.39 is 0 Å². The van der Waals surface area contributed by atoms with Crippen LogP contribution >= 0.6 is 0 Å². The number of benzene rings is 1. The second kappa shape index (κ2) is 3.91. The standard InChI is InChI=1S/C13H17N3/c1-9-4-2-7-11-13(9)16-12(15-11)8-14-10-5-3-6-10/h2,4,7,10,14H,3,5-6,8H2,1H3,(H,15,16). The minimum Gasteiger partial charge on any atom is -0.341 e. The molecule has 1 aromatic carbocycles. The number of nitrogens with zero attached hydrogens (tertiary/aromatic N) is 1. The van der Waals surface area contributed by atoms with Crippen LogP contribution in [0.4, 0.5) is 0 Å². The maximum Gasteiger partial charge on any atom is 0.121 e. The largest absolute Gasteiger partial charge is 0.341 e. The smallest absolute Gasteiger partial charge is 0.121 e. The van der Waals surface area contributed by atoms with Crippen molar-refractivity contribution >= 4 is 11.0 Å². The van der Waals surface area contributed by atoms with Crippen LogP contribution in [0.2, 0.25) is 0 Å². The number of H-pyrrole nitrogens is 1. The van der Waals surface area contributed by atoms with Crippen molar-refractivity contribution in [2.24, 2.45) is 0 Å². The topological polar surface area (TPSA) is 40.7 Å². The Hall–Kier alpha value is -1.35. The van der Waals surface area contributed by atoms with Gasteiger partial charge in [-0.05, 0) is 31.4 Å². The lowest BCUT2D eigenvalue weighted by molar-refractivity contribution is 0.336. The number of rotatable bonds is 3. The Morgan fingerprint density at radius 2 is 2.31 bits per heavy atom. The van der Waals surface area contributed by atoms with Gasteiger partial charge in [-0.3, -0.25) is 0 Å². The minimum atomic E-state index is 0.717. The first-order valence-electron chi connectivity index (χ1n) is 6.00. The summed E-state index contributed by atoms with van der Waals surface area (Å²) in [6.45, 7) is 2.96. The monoisotopic (exact) mass is 215 g/mol. The van der Waals surface area contributed by atoms with Gasteiger partial charge in [0.05, 0.1) is 17.6 Å². The molecule has 0 saturated heterocycles. The van der Waals surface area contributed by atoms with Gasteiger partial charge in [-0.15, -0.1) is 0 Å². The summed E-state index contributed by atoms with van der Waals surface area (Å²) in [5.74, 6) is 1.05. The van der Waals surface area contributed by atoms with Gasteiger partial charge in [-0.2, -0.15) is 0 Å². The summed E-state index contributed by atoms with van der Waals surface area (Å²) in [7, 11) is 0. The van der Waals surface area contributed by atoms with Crippen molar-refractivity contribution < 1.29 is 0 Å². The summed E-state index contributed by atoms with van der Waals surface area (Å²) in [5, 5.41) is 3.52. The van der Waals surface area contributed by atoms with Gasteiger partial charge in [0.2, 0.25) is 0 Å². The summed E-state index contributed by atoms with van der Waals surface area (Å²) < 4.78 is 0. The second-order valence-corrected chi connectivity index (χ2v) is 4.66. The molecule has 2 aromatic rings. The molecule has 0 unspecified atom stereocenters. The first-order valence-corrected chi connectivity index (χ1v) is 6.00. The third kappa shape index (κ3) is 1.71. The number of hydrogen-bond acceptors (Lipinski definition) is 2. The van der Waals surface area contributed by atoms with E-state index in [0.717, 1.165) is 23.4 Å². The molecule has 3 heteroatoms. The van der Waals surface area contributed by atoms with Crippen LogP contribution in [-0.2, 0) is 6.54 Å². The molecule has 1 aliphatic rings. The predicted octanol–water partition coefficient (Wildman–Crippen LogP) is 2.51. The average molecular weight is 215 g/mol. The number of aromatic nitrogens is 2. The molecule has 1 heterocycles. The van der Waals surface area contributed by atoms with E-state index in [1.54, 1.807) is 0 Å². The summed E-state index contributed by atoms with van der Waals surface area (Å²) >= 11 is 0. The lowest BCUT2D eigenvalue weighted by Crippen LogP contribution is -2.34. The van der Waals surface area contributed by atoms with Crippen LogP contribution in [0.3, 0.4) is 0 Å². The Bertz CT molecular complexity index is 497. The molecule has 0 atom stereocenters. The molecule has 1 aliphatic carbocycles. The number of hydrogen-bond donors (Lipinski definition) is 2. The van der Waals surface area contributed by atoms with Gasteiger partial charge in [0.15, 0.2) is 0 Å². The highest BCUT2D eigenvalue weighted by Gasteiger charge is 2.16. The fourth-order valence-corrected chi connectivity index (χ4v) is 2.16. The lowest BCUT2D eigenvalue weighted by Gasteiger charge is -2.25. The normalized spacial score (nSPS) is 16.6. The van der Waals surface area contributed by atoms with Crippen molar-refractivity contribution in [1.82, 2.24) is 15.3 Å². The second-order valence-electron chi connectivity index (χ2n) is 4.66. The van der Waals surface area contributed by atoms with Crippen molar-refractivity contribution in [3.05, 3.63) is 29.6 Å². The Balaban J connectivity index is 1.79. The van der Waals surface area contributed by atoms with Crippen molar-refractivity contribution in [2.75, 3.05) is 0 Å². The van der Waals surface area contributed by atoms with Crippen LogP contribution in [-0.4, -0.2) is 16.0 Å². The molecule has 0 bridgehead atoms. The molecule has 0 spiro atoms. The van der Waals surface area contributed by atoms with Crippen molar-refractivity contribution in [3.8, 4) is 0 Å². The molecule has 1 saturated carbocycles. The Morgan fingerprint density at radius 1 is 1.44 bits per heavy atom. The minimum absolute atomic E-state index is 0.717. The van der Waals surface area contributed by atoms with E-state index in [1.165, 1.54) is 24.8 Å². The van der Waals surface area contributed by atoms with E-state index in [-0.39, 0.29) is 0 Å². The SMILES string of the molecule is Cc1cccc2[nH]c(CNC3CCC3)nc12. The quantitative estimate of drug-likeness (QED) is 0.826. The van der Waals surface area contributed by atoms with Gasteiger partial charge in [-0.25, -0.2) is 4.98 Å². The van der Waals surface area contributed by atoms with Gasteiger partial charge < -0.3 is 10.3 Å². The predicted molar refractivity (Wildman–Crippen MR) is 65.3 cm³/mol. The zero-order valence-corrected chi connectivity index (χ0v) is 9.59. The molecule has 84 valence electrons. The summed E-state index contributed by atoms with van der Waals surface area (Å²) in [5.41, 5.74) is 3.49. The molecule has 1 fully saturated rings. The molecule has 3 rings (SSSR count). The summed E-state index contributed by atoms with van der Waals surface area (Å²) in [6, 6.07) is 6.97. The van der Waals surface area contributed by atoms with Crippen LogP contribution in [0, 0.1) is 6.92 Å². The van der Waals surface area contributed by atoms with E-state index in [4.69, 9.17) is 0 Å². The number of nitrogens with one attached hydrogen (secondary N) is 2. The maximum atomic E-state index is 4.62. The van der Waals surface area contributed by atoms with Gasteiger partial charge in [0.25, 0.3) is 0 Å². The molecular formula is C13H17N3. The fraction of sp³-hybridized carbons (Fsp3) is 0.462. The third-order valence-corrected chi connectivity index (χ3v) is 3.43.